The van der Waals surface area contributed by atoms with E-state index in [4.69, 9.17) is 5.73 Å². The summed E-state index contributed by atoms with van der Waals surface area (Å²) in [5.74, 6) is 0.701. The van der Waals surface area contributed by atoms with Crippen molar-refractivity contribution >= 4 is 17.6 Å². The lowest BCUT2D eigenvalue weighted by molar-refractivity contribution is -0.0328. The van der Waals surface area contributed by atoms with Gasteiger partial charge >= 0.3 is 5.51 Å². The number of nitrogens with zero attached hydrogens (tertiary/aromatic N) is 2. The van der Waals surface area contributed by atoms with Crippen molar-refractivity contribution in [3.05, 3.63) is 36.5 Å². The molecular weight excluding hydrogens is 263 g/mol. The van der Waals surface area contributed by atoms with E-state index in [1.807, 2.05) is 0 Å². The number of anilines is 1. The van der Waals surface area contributed by atoms with Crippen LogP contribution in [0.4, 0.5) is 19.0 Å². The maximum Gasteiger partial charge on any atom is 0.446 e. The largest absolute Gasteiger partial charge is 0.446 e. The molecule has 0 aliphatic rings. The zero-order chi connectivity index (χ0) is 13.2. The molecule has 0 spiro atoms. The van der Waals surface area contributed by atoms with Gasteiger partial charge in [-0.1, -0.05) is 12.1 Å². The van der Waals surface area contributed by atoms with Crippen molar-refractivity contribution in [2.75, 3.05) is 5.73 Å². The smallest absolute Gasteiger partial charge is 0.384 e. The average molecular weight is 271 g/mol. The maximum atomic E-state index is 12.1. The molecule has 0 aliphatic heterocycles. The van der Waals surface area contributed by atoms with Crippen molar-refractivity contribution in [2.45, 2.75) is 10.4 Å². The van der Waals surface area contributed by atoms with Crippen molar-refractivity contribution in [1.82, 2.24) is 9.97 Å². The Labute approximate surface area is 105 Å². The third-order valence-corrected chi connectivity index (χ3v) is 2.76. The summed E-state index contributed by atoms with van der Waals surface area (Å²) >= 11 is -0.158. The molecule has 2 rings (SSSR count). The zero-order valence-electron chi connectivity index (χ0n) is 8.98. The second kappa shape index (κ2) is 4.85. The first kappa shape index (κ1) is 12.7. The number of benzene rings is 1. The highest BCUT2D eigenvalue weighted by atomic mass is 32.2. The van der Waals surface area contributed by atoms with Gasteiger partial charge in [0.05, 0.1) is 0 Å². The Morgan fingerprint density at radius 3 is 2.28 bits per heavy atom. The van der Waals surface area contributed by atoms with Gasteiger partial charge in [0.15, 0.2) is 5.82 Å². The van der Waals surface area contributed by atoms with Crippen LogP contribution in [0.15, 0.2) is 41.4 Å². The van der Waals surface area contributed by atoms with Crippen LogP contribution in [0.25, 0.3) is 11.4 Å². The molecule has 94 valence electrons. The van der Waals surface area contributed by atoms with E-state index in [1.165, 1.54) is 36.5 Å². The van der Waals surface area contributed by atoms with Gasteiger partial charge in [0, 0.05) is 16.7 Å². The van der Waals surface area contributed by atoms with Crippen molar-refractivity contribution in [3.8, 4) is 11.4 Å². The Bertz CT molecular complexity index is 540. The van der Waals surface area contributed by atoms with Gasteiger partial charge in [-0.15, -0.1) is 0 Å². The fraction of sp³-hybridized carbons (Fsp3) is 0.0909. The molecule has 0 radical (unpaired) electrons. The van der Waals surface area contributed by atoms with Crippen LogP contribution in [0.1, 0.15) is 0 Å². The van der Waals surface area contributed by atoms with Crippen molar-refractivity contribution in [3.63, 3.8) is 0 Å². The zero-order valence-corrected chi connectivity index (χ0v) is 9.79. The molecule has 0 unspecified atom stereocenters. The van der Waals surface area contributed by atoms with Crippen LogP contribution >= 0.6 is 11.8 Å². The molecular formula is C11H8F3N3S. The number of hydrogen-bond donors (Lipinski definition) is 1. The fourth-order valence-electron chi connectivity index (χ4n) is 1.32. The van der Waals surface area contributed by atoms with Crippen molar-refractivity contribution < 1.29 is 13.2 Å². The molecule has 7 heteroatoms. The first-order chi connectivity index (χ1) is 8.44. The van der Waals surface area contributed by atoms with Crippen molar-refractivity contribution in [1.29, 1.82) is 0 Å². The van der Waals surface area contributed by atoms with Crippen LogP contribution < -0.4 is 5.73 Å². The topological polar surface area (TPSA) is 51.8 Å². The third kappa shape index (κ3) is 3.36. The van der Waals surface area contributed by atoms with Crippen LogP contribution in [0, 0.1) is 0 Å². The number of alkyl halides is 3. The number of thioether (sulfide) groups is 1. The standard InChI is InChI=1S/C11H8F3N3S/c12-11(13,14)18-8-3-1-7(2-4-8)10-16-6-5-9(15)17-10/h1-6H,(H2,15,16,17). The Morgan fingerprint density at radius 2 is 1.72 bits per heavy atom. The van der Waals surface area contributed by atoms with Gasteiger partial charge in [-0.3, -0.25) is 0 Å². The highest BCUT2D eigenvalue weighted by Crippen LogP contribution is 2.37. The molecule has 18 heavy (non-hydrogen) atoms. The van der Waals surface area contributed by atoms with E-state index in [9.17, 15) is 13.2 Å². The summed E-state index contributed by atoms with van der Waals surface area (Å²) in [7, 11) is 0. The number of nitrogen functional groups attached to an aromatic ring is 1. The number of halogens is 3. The van der Waals surface area contributed by atoms with E-state index >= 15 is 0 Å². The van der Waals surface area contributed by atoms with Crippen LogP contribution in [0.2, 0.25) is 0 Å². The van der Waals surface area contributed by atoms with Crippen LogP contribution in [0.5, 0.6) is 0 Å². The molecule has 0 saturated heterocycles. The number of hydrogen-bond acceptors (Lipinski definition) is 4. The molecule has 1 aromatic carbocycles. The van der Waals surface area contributed by atoms with E-state index in [0.29, 0.717) is 17.2 Å². The van der Waals surface area contributed by atoms with Gasteiger partial charge < -0.3 is 5.73 Å². The minimum absolute atomic E-state index is 0.121. The molecule has 0 aliphatic carbocycles. The van der Waals surface area contributed by atoms with Gasteiger partial charge in [0.25, 0.3) is 0 Å². The fourth-order valence-corrected chi connectivity index (χ4v) is 1.86. The molecule has 0 bridgehead atoms. The minimum atomic E-state index is -4.28. The lowest BCUT2D eigenvalue weighted by Gasteiger charge is -2.06. The average Bonchev–Trinajstić information content (AvgIpc) is 2.28. The summed E-state index contributed by atoms with van der Waals surface area (Å²) in [6, 6.07) is 7.35. The molecule has 1 aromatic heterocycles. The summed E-state index contributed by atoms with van der Waals surface area (Å²) in [6.07, 6.45) is 1.50. The summed E-state index contributed by atoms with van der Waals surface area (Å²) < 4.78 is 36.4. The van der Waals surface area contributed by atoms with E-state index < -0.39 is 5.51 Å². The Balaban J connectivity index is 2.22. The van der Waals surface area contributed by atoms with Crippen LogP contribution in [-0.2, 0) is 0 Å². The van der Waals surface area contributed by atoms with E-state index in [0.717, 1.165) is 0 Å². The normalized spacial score (nSPS) is 11.5. The second-order valence-corrected chi connectivity index (χ2v) is 4.52. The highest BCUT2D eigenvalue weighted by molar-refractivity contribution is 8.00. The van der Waals surface area contributed by atoms with Crippen molar-refractivity contribution in [2.24, 2.45) is 0 Å². The Kier molecular flexibility index (Phi) is 3.42. The number of aromatic nitrogens is 2. The molecule has 0 amide bonds. The summed E-state index contributed by atoms with van der Waals surface area (Å²) in [5.41, 5.74) is 1.84. The van der Waals surface area contributed by atoms with E-state index in [2.05, 4.69) is 9.97 Å². The third-order valence-electron chi connectivity index (χ3n) is 2.02. The monoisotopic (exact) mass is 271 g/mol. The SMILES string of the molecule is Nc1ccnc(-c2ccc(SC(F)(F)F)cc2)n1. The molecule has 3 nitrogen and oxygen atoms in total. The molecule has 2 N–H and O–H groups in total. The molecule has 1 heterocycles. The molecule has 0 fully saturated rings. The van der Waals surface area contributed by atoms with E-state index in [-0.39, 0.29) is 16.7 Å². The molecule has 0 saturated carbocycles. The lowest BCUT2D eigenvalue weighted by Crippen LogP contribution is -1.99. The Hall–Kier alpha value is -1.76. The minimum Gasteiger partial charge on any atom is -0.384 e. The number of rotatable bonds is 2. The number of nitrogens with two attached hydrogens (primary N) is 1. The molecule has 2 aromatic rings. The van der Waals surface area contributed by atoms with Gasteiger partial charge in [0.2, 0.25) is 0 Å². The predicted octanol–water partition coefficient (Wildman–Crippen LogP) is 3.34. The van der Waals surface area contributed by atoms with Crippen LogP contribution in [-0.4, -0.2) is 15.5 Å². The van der Waals surface area contributed by atoms with Crippen LogP contribution in [0.3, 0.4) is 0 Å². The quantitative estimate of drug-likeness (QED) is 0.851. The Morgan fingerprint density at radius 1 is 1.06 bits per heavy atom. The first-order valence-corrected chi connectivity index (χ1v) is 5.70. The first-order valence-electron chi connectivity index (χ1n) is 4.89. The summed E-state index contributed by atoms with van der Waals surface area (Å²) in [6.45, 7) is 0. The summed E-state index contributed by atoms with van der Waals surface area (Å²) in [5, 5.41) is 0. The van der Waals surface area contributed by atoms with Gasteiger partial charge in [0.1, 0.15) is 5.82 Å². The van der Waals surface area contributed by atoms with Gasteiger partial charge in [-0.2, -0.15) is 13.2 Å². The highest BCUT2D eigenvalue weighted by Gasteiger charge is 2.29. The summed E-state index contributed by atoms with van der Waals surface area (Å²) in [4.78, 5) is 8.10. The maximum absolute atomic E-state index is 12.1. The van der Waals surface area contributed by atoms with Gasteiger partial charge in [-0.25, -0.2) is 9.97 Å². The molecule has 0 atom stereocenters. The second-order valence-electron chi connectivity index (χ2n) is 3.38. The lowest BCUT2D eigenvalue weighted by atomic mass is 10.2. The van der Waals surface area contributed by atoms with Gasteiger partial charge in [-0.05, 0) is 30.0 Å². The predicted molar refractivity (Wildman–Crippen MR) is 63.8 cm³/mol. The van der Waals surface area contributed by atoms with E-state index in [1.54, 1.807) is 0 Å².